The van der Waals surface area contributed by atoms with Crippen LogP contribution >= 0.6 is 0 Å². The van der Waals surface area contributed by atoms with Gasteiger partial charge in [-0.25, -0.2) is 0 Å². The molecule has 3 N–H and O–H groups in total. The monoisotopic (exact) mass is 119 g/mol. The first-order chi connectivity index (χ1) is 3.79. The van der Waals surface area contributed by atoms with Gasteiger partial charge in [-0.3, -0.25) is 5.32 Å². The Morgan fingerprint density at radius 1 is 1.50 bits per heavy atom. The van der Waals surface area contributed by atoms with Gasteiger partial charge in [0, 0.05) is 6.54 Å². The maximum Gasteiger partial charge on any atom is 0.167 e. The highest BCUT2D eigenvalue weighted by molar-refractivity contribution is 4.59. The molecule has 0 bridgehead atoms. The Morgan fingerprint density at radius 2 is 2.25 bits per heavy atom. The minimum Gasteiger partial charge on any atom is -0.376 e. The zero-order valence-corrected chi connectivity index (χ0v) is 4.37. The van der Waals surface area contributed by atoms with E-state index in [1.807, 2.05) is 0 Å². The first kappa shape index (κ1) is 5.97. The van der Waals surface area contributed by atoms with Gasteiger partial charge in [-0.15, -0.1) is 0 Å². The first-order valence-electron chi connectivity index (χ1n) is 2.50. The molecule has 4 nitrogen and oxygen atoms in total. The van der Waals surface area contributed by atoms with Gasteiger partial charge < -0.3 is 14.9 Å². The first-order valence-corrected chi connectivity index (χ1v) is 2.50. The Morgan fingerprint density at radius 3 is 2.62 bits per heavy atom. The standard InChI is InChI=1S/C4H9NO3/c6-3-2-8-4(7)1-5-3/h3-7H,1-2H2. The summed E-state index contributed by atoms with van der Waals surface area (Å²) in [5.74, 6) is 0. The highest BCUT2D eigenvalue weighted by Gasteiger charge is 2.15. The number of aliphatic hydroxyl groups excluding tert-OH is 2. The number of hydrogen-bond donors (Lipinski definition) is 3. The summed E-state index contributed by atoms with van der Waals surface area (Å²) >= 11 is 0. The molecular formula is C4H9NO3. The van der Waals surface area contributed by atoms with Gasteiger partial charge in [-0.05, 0) is 0 Å². The number of nitrogens with one attached hydrogen (secondary N) is 1. The average molecular weight is 119 g/mol. The van der Waals surface area contributed by atoms with Crippen molar-refractivity contribution in [3.8, 4) is 0 Å². The number of hydrogen-bond acceptors (Lipinski definition) is 4. The van der Waals surface area contributed by atoms with E-state index in [2.05, 4.69) is 10.1 Å². The van der Waals surface area contributed by atoms with E-state index in [9.17, 15) is 0 Å². The van der Waals surface area contributed by atoms with Crippen molar-refractivity contribution in [2.24, 2.45) is 0 Å². The third-order valence-electron chi connectivity index (χ3n) is 0.975. The summed E-state index contributed by atoms with van der Waals surface area (Å²) in [5, 5.41) is 19.9. The van der Waals surface area contributed by atoms with Crippen LogP contribution in [0.15, 0.2) is 0 Å². The van der Waals surface area contributed by atoms with Crippen molar-refractivity contribution in [1.82, 2.24) is 5.32 Å². The van der Waals surface area contributed by atoms with E-state index in [1.165, 1.54) is 0 Å². The second-order valence-electron chi connectivity index (χ2n) is 1.71. The molecule has 1 aliphatic heterocycles. The van der Waals surface area contributed by atoms with Crippen LogP contribution in [0.5, 0.6) is 0 Å². The molecule has 1 saturated heterocycles. The largest absolute Gasteiger partial charge is 0.376 e. The van der Waals surface area contributed by atoms with E-state index in [1.54, 1.807) is 0 Å². The lowest BCUT2D eigenvalue weighted by molar-refractivity contribution is -0.155. The van der Waals surface area contributed by atoms with Gasteiger partial charge in [0.1, 0.15) is 6.23 Å². The summed E-state index contributed by atoms with van der Waals surface area (Å²) < 4.78 is 4.63. The molecule has 1 rings (SSSR count). The van der Waals surface area contributed by atoms with Gasteiger partial charge >= 0.3 is 0 Å². The van der Waals surface area contributed by atoms with Crippen molar-refractivity contribution in [2.75, 3.05) is 13.2 Å². The van der Waals surface area contributed by atoms with Crippen LogP contribution in [-0.2, 0) is 4.74 Å². The van der Waals surface area contributed by atoms with Crippen molar-refractivity contribution in [1.29, 1.82) is 0 Å². The van der Waals surface area contributed by atoms with E-state index in [-0.39, 0.29) is 6.61 Å². The second kappa shape index (κ2) is 2.41. The minimum atomic E-state index is -0.751. The molecule has 2 atom stereocenters. The van der Waals surface area contributed by atoms with Gasteiger partial charge in [-0.2, -0.15) is 0 Å². The molecule has 0 radical (unpaired) electrons. The molecule has 48 valence electrons. The van der Waals surface area contributed by atoms with Crippen molar-refractivity contribution in [3.05, 3.63) is 0 Å². The molecule has 0 aromatic rings. The third-order valence-corrected chi connectivity index (χ3v) is 0.975. The Labute approximate surface area is 47.1 Å². The van der Waals surface area contributed by atoms with Crippen LogP contribution in [0.4, 0.5) is 0 Å². The van der Waals surface area contributed by atoms with Crippen LogP contribution in [0.1, 0.15) is 0 Å². The van der Waals surface area contributed by atoms with Crippen LogP contribution in [0.3, 0.4) is 0 Å². The Bertz CT molecular complexity index is 59.7. The molecule has 0 amide bonds. The molecule has 8 heavy (non-hydrogen) atoms. The van der Waals surface area contributed by atoms with Crippen LogP contribution < -0.4 is 5.32 Å². The van der Waals surface area contributed by atoms with Crippen LogP contribution in [0, 0.1) is 0 Å². The lowest BCUT2D eigenvalue weighted by Gasteiger charge is -2.22. The maximum absolute atomic E-state index is 8.68. The number of rotatable bonds is 0. The normalized spacial score (nSPS) is 39.8. The molecule has 0 aromatic carbocycles. The summed E-state index contributed by atoms with van der Waals surface area (Å²) in [7, 11) is 0. The molecular weight excluding hydrogens is 110 g/mol. The van der Waals surface area contributed by atoms with Crippen LogP contribution in [0.2, 0.25) is 0 Å². The predicted octanol–water partition coefficient (Wildman–Crippen LogP) is -1.76. The highest BCUT2D eigenvalue weighted by Crippen LogP contribution is 1.93. The lowest BCUT2D eigenvalue weighted by atomic mass is 10.5. The van der Waals surface area contributed by atoms with Crippen molar-refractivity contribution >= 4 is 0 Å². The summed E-state index contributed by atoms with van der Waals surface area (Å²) in [6.07, 6.45) is -1.36. The second-order valence-corrected chi connectivity index (χ2v) is 1.71. The fourth-order valence-electron chi connectivity index (χ4n) is 0.557. The number of β-amino-alcohol motifs (C(OH)–C–C–N with tert-alkyl or cyclic N) is 1. The van der Waals surface area contributed by atoms with Gasteiger partial charge in [0.2, 0.25) is 0 Å². The van der Waals surface area contributed by atoms with E-state index in [0.29, 0.717) is 6.54 Å². The van der Waals surface area contributed by atoms with Crippen LogP contribution in [-0.4, -0.2) is 35.9 Å². The Balaban J connectivity index is 2.19. The highest BCUT2D eigenvalue weighted by atomic mass is 16.6. The van der Waals surface area contributed by atoms with Crippen LogP contribution in [0.25, 0.3) is 0 Å². The molecule has 1 heterocycles. The number of aliphatic hydroxyl groups is 2. The fraction of sp³-hybridized carbons (Fsp3) is 1.00. The third kappa shape index (κ3) is 1.41. The van der Waals surface area contributed by atoms with E-state index >= 15 is 0 Å². The van der Waals surface area contributed by atoms with E-state index < -0.39 is 12.5 Å². The smallest absolute Gasteiger partial charge is 0.167 e. The number of morpholine rings is 1. The van der Waals surface area contributed by atoms with Crippen molar-refractivity contribution in [2.45, 2.75) is 12.5 Å². The maximum atomic E-state index is 8.68. The summed E-state index contributed by atoms with van der Waals surface area (Å²) in [4.78, 5) is 0. The number of ether oxygens (including phenoxy) is 1. The van der Waals surface area contributed by atoms with Gasteiger partial charge in [0.15, 0.2) is 6.29 Å². The molecule has 0 spiro atoms. The van der Waals surface area contributed by atoms with Gasteiger partial charge in [-0.1, -0.05) is 0 Å². The molecule has 4 heteroatoms. The lowest BCUT2D eigenvalue weighted by Crippen LogP contribution is -2.45. The minimum absolute atomic E-state index is 0.168. The fourth-order valence-corrected chi connectivity index (χ4v) is 0.557. The Hall–Kier alpha value is -0.160. The predicted molar refractivity (Wildman–Crippen MR) is 26.0 cm³/mol. The van der Waals surface area contributed by atoms with E-state index in [4.69, 9.17) is 10.2 Å². The van der Waals surface area contributed by atoms with E-state index in [0.717, 1.165) is 0 Å². The molecule has 0 aromatic heterocycles. The topological polar surface area (TPSA) is 61.7 Å². The van der Waals surface area contributed by atoms with Crippen molar-refractivity contribution in [3.63, 3.8) is 0 Å². The Kier molecular flexibility index (Phi) is 1.80. The summed E-state index contributed by atoms with van der Waals surface area (Å²) in [6, 6.07) is 0. The molecule has 1 aliphatic rings. The average Bonchev–Trinajstić information content (AvgIpc) is 1.77. The molecule has 2 unspecified atom stereocenters. The summed E-state index contributed by atoms with van der Waals surface area (Å²) in [5.41, 5.74) is 0. The summed E-state index contributed by atoms with van der Waals surface area (Å²) in [6.45, 7) is 0.475. The van der Waals surface area contributed by atoms with Gasteiger partial charge in [0.25, 0.3) is 0 Å². The quantitative estimate of drug-likeness (QED) is 0.353. The zero-order chi connectivity index (χ0) is 5.98. The van der Waals surface area contributed by atoms with Gasteiger partial charge in [0.05, 0.1) is 6.61 Å². The molecule has 1 fully saturated rings. The SMILES string of the molecule is OC1COC(O)CN1. The zero-order valence-electron chi connectivity index (χ0n) is 4.37. The molecule has 0 saturated carbocycles. The molecule has 0 aliphatic carbocycles. The van der Waals surface area contributed by atoms with Crippen molar-refractivity contribution < 1.29 is 14.9 Å².